The summed E-state index contributed by atoms with van der Waals surface area (Å²) in [6, 6.07) is 68.5. The van der Waals surface area contributed by atoms with Gasteiger partial charge in [0.1, 0.15) is 22.4 Å². The van der Waals surface area contributed by atoms with Crippen molar-refractivity contribution in [1.82, 2.24) is 85.0 Å². The summed E-state index contributed by atoms with van der Waals surface area (Å²) in [5.41, 5.74) is 25.9. The van der Waals surface area contributed by atoms with Crippen LogP contribution in [0.25, 0.3) is 110 Å². The van der Waals surface area contributed by atoms with Gasteiger partial charge in [0.25, 0.3) is 0 Å². The van der Waals surface area contributed by atoms with E-state index in [1.807, 2.05) is 204 Å². The summed E-state index contributed by atoms with van der Waals surface area (Å²) >= 11 is 0. The summed E-state index contributed by atoms with van der Waals surface area (Å²) in [5.74, 6) is 1.70. The van der Waals surface area contributed by atoms with Gasteiger partial charge in [-0.05, 0) is 192 Å². The van der Waals surface area contributed by atoms with Crippen LogP contribution in [0.4, 0.5) is 0 Å². The van der Waals surface area contributed by atoms with Crippen molar-refractivity contribution in [3.63, 3.8) is 0 Å². The third-order valence-corrected chi connectivity index (χ3v) is 15.5. The fourth-order valence-corrected chi connectivity index (χ4v) is 10.4. The molecular formula is C80H77N17O3. The first-order valence-electron chi connectivity index (χ1n) is 32.3. The number of nitrogens with zero attached hydrogens (tertiary/aromatic N) is 11. The van der Waals surface area contributed by atoms with E-state index in [-0.39, 0.29) is 0 Å². The molecule has 20 heteroatoms. The minimum atomic E-state index is 0.723. The van der Waals surface area contributed by atoms with Crippen molar-refractivity contribution in [2.24, 2.45) is 7.05 Å². The number of hydrogen-bond acceptors (Lipinski definition) is 13. The van der Waals surface area contributed by atoms with Crippen molar-refractivity contribution in [3.05, 3.63) is 301 Å². The fraction of sp³-hybridized carbons (Fsp3) is 0.125. The zero-order chi connectivity index (χ0) is 69.7. The molecule has 0 radical (unpaired) electrons. The van der Waals surface area contributed by atoms with Crippen LogP contribution in [0.3, 0.4) is 0 Å². The van der Waals surface area contributed by atoms with E-state index in [1.54, 1.807) is 12.7 Å². The molecule has 20 nitrogen and oxygen atoms in total. The Labute approximate surface area is 576 Å². The zero-order valence-electron chi connectivity index (χ0n) is 57.3. The number of oxazole rings is 3. The Morgan fingerprint density at radius 2 is 0.910 bits per heavy atom. The molecule has 0 saturated carbocycles. The maximum absolute atomic E-state index is 5.26. The van der Waals surface area contributed by atoms with Gasteiger partial charge >= 0.3 is 0 Å². The SMILES string of the molecule is Cc1[nH]nc2ccccc12.Cc1ccc2[nH]ncc2c1.Cc1ccc2cn[nH]c2c1.Cc1ccc2nc[nH]c2c1.Cc1ccc2nc[nH]c2c1.Cc1ccc2ncoc2c1.Cc1ccc2ocnc2c1.Cc1nc2ccccc2[nH]1.Cc1nc2ccccc2o1.Cn1cnc2ccccc21. The molecule has 0 spiro atoms. The number of hydrogen-bond donors (Lipinski definition) is 6. The number of aromatic amines is 6. The van der Waals surface area contributed by atoms with E-state index in [9.17, 15) is 0 Å². The van der Waals surface area contributed by atoms with Crippen LogP contribution in [0.1, 0.15) is 50.8 Å². The lowest BCUT2D eigenvalue weighted by Crippen LogP contribution is -1.81. The molecule has 0 fully saturated rings. The van der Waals surface area contributed by atoms with Crippen molar-refractivity contribution in [3.8, 4) is 0 Å². The Balaban J connectivity index is 0.000000112. The lowest BCUT2D eigenvalue weighted by Gasteiger charge is -1.90. The van der Waals surface area contributed by atoms with Crippen LogP contribution in [-0.4, -0.2) is 85.0 Å². The van der Waals surface area contributed by atoms with Crippen LogP contribution < -0.4 is 0 Å². The van der Waals surface area contributed by atoms with Gasteiger partial charge in [0, 0.05) is 35.8 Å². The molecule has 0 atom stereocenters. The standard InChI is InChI=1S/7C8H8N2.3C8H7NO/c1-6-2-3-8-7(4-6)5-9-10-8;2*1-6-2-3-7-8(4-6)10-5-9-7;1-6-2-3-7-5-9-10-8(7)4-6;1-10-6-9-7-4-2-3-5-8(7)10;1-6-9-7-4-2-3-5-8(7)10-6;1-6-7-4-2-3-5-8(7)10-9-6;1-6-2-3-8-7(4-6)9-5-10-8;1-6-2-3-7-8(4-6)10-5-9-7;1-6-9-7-4-2-3-5-8(7)10-6/h4*2-5H,1H3,(H,9,10);2-6H,1H3;2*2-5H,1H3,(H,9,10);3*2-5H,1H3. The average Bonchev–Trinajstić information content (AvgIpc) is 1.78. The van der Waals surface area contributed by atoms with Gasteiger partial charge in [-0.25, -0.2) is 34.9 Å². The lowest BCUT2D eigenvalue weighted by molar-refractivity contribution is 0.561. The summed E-state index contributed by atoms with van der Waals surface area (Å²) in [6.07, 6.45) is 11.8. The summed E-state index contributed by atoms with van der Waals surface area (Å²) in [4.78, 5) is 38.0. The Morgan fingerprint density at radius 3 is 1.61 bits per heavy atom. The minimum absolute atomic E-state index is 0.723. The van der Waals surface area contributed by atoms with Gasteiger partial charge in [0.05, 0.1) is 92.1 Å². The number of aromatic nitrogens is 17. The highest BCUT2D eigenvalue weighted by Gasteiger charge is 2.02. The molecule has 0 aliphatic carbocycles. The zero-order valence-corrected chi connectivity index (χ0v) is 57.3. The van der Waals surface area contributed by atoms with Gasteiger partial charge in [-0.1, -0.05) is 103 Å². The molecule has 0 aliphatic heterocycles. The van der Waals surface area contributed by atoms with Crippen molar-refractivity contribution in [2.45, 2.75) is 62.3 Å². The first-order valence-corrected chi connectivity index (χ1v) is 32.3. The van der Waals surface area contributed by atoms with Gasteiger partial charge in [-0.2, -0.15) is 15.3 Å². The highest BCUT2D eigenvalue weighted by atomic mass is 16.3. The average molecular weight is 1320 g/mol. The Kier molecular flexibility index (Phi) is 22.6. The third-order valence-electron chi connectivity index (χ3n) is 15.5. The van der Waals surface area contributed by atoms with Gasteiger partial charge in [-0.15, -0.1) is 0 Å². The molecule has 500 valence electrons. The Hall–Kier alpha value is -13.1. The lowest BCUT2D eigenvalue weighted by atomic mass is 10.2. The predicted octanol–water partition coefficient (Wildman–Crippen LogP) is 19.2. The molecule has 10 aromatic carbocycles. The second-order valence-electron chi connectivity index (χ2n) is 23.7. The molecule has 20 aromatic rings. The van der Waals surface area contributed by atoms with Crippen molar-refractivity contribution in [1.29, 1.82) is 0 Å². The third kappa shape index (κ3) is 18.7. The summed E-state index contributed by atoms with van der Waals surface area (Å²) in [7, 11) is 2.00. The van der Waals surface area contributed by atoms with Crippen molar-refractivity contribution in [2.75, 3.05) is 0 Å². The molecule has 0 aliphatic rings. The van der Waals surface area contributed by atoms with E-state index in [1.165, 1.54) is 67.8 Å². The molecule has 10 heterocycles. The number of para-hydroxylation sites is 7. The molecule has 0 bridgehead atoms. The van der Waals surface area contributed by atoms with Gasteiger partial charge < -0.3 is 32.8 Å². The van der Waals surface area contributed by atoms with Crippen LogP contribution in [0, 0.1) is 62.3 Å². The molecule has 0 unspecified atom stereocenters. The molecular weight excluding hydrogens is 1250 g/mol. The van der Waals surface area contributed by atoms with E-state index in [0.717, 1.165) is 106 Å². The van der Waals surface area contributed by atoms with Crippen LogP contribution >= 0.6 is 0 Å². The van der Waals surface area contributed by atoms with Gasteiger partial charge in [0.15, 0.2) is 35.4 Å². The number of benzene rings is 10. The maximum Gasteiger partial charge on any atom is 0.192 e. The Morgan fingerprint density at radius 1 is 0.360 bits per heavy atom. The number of H-pyrrole nitrogens is 6. The highest BCUT2D eigenvalue weighted by molar-refractivity contribution is 5.82. The topological polar surface area (TPSA) is 268 Å². The number of aryl methyl sites for hydroxylation is 10. The van der Waals surface area contributed by atoms with Crippen molar-refractivity contribution >= 4 is 110 Å². The smallest absolute Gasteiger partial charge is 0.192 e. The molecule has 10 aromatic heterocycles. The van der Waals surface area contributed by atoms with E-state index >= 15 is 0 Å². The van der Waals surface area contributed by atoms with Crippen molar-refractivity contribution < 1.29 is 13.3 Å². The molecule has 20 rings (SSSR count). The van der Waals surface area contributed by atoms with E-state index in [0.29, 0.717) is 0 Å². The highest BCUT2D eigenvalue weighted by Crippen LogP contribution is 2.19. The van der Waals surface area contributed by atoms with Gasteiger partial charge in [0.2, 0.25) is 0 Å². The molecule has 0 amide bonds. The summed E-state index contributed by atoms with van der Waals surface area (Å²) in [5, 5.41) is 24.2. The minimum Gasteiger partial charge on any atom is -0.443 e. The number of rotatable bonds is 0. The number of fused-ring (bicyclic) bond motifs is 10. The first kappa shape index (κ1) is 68.3. The van der Waals surface area contributed by atoms with E-state index in [4.69, 9.17) is 13.3 Å². The van der Waals surface area contributed by atoms with Crippen LogP contribution in [0.5, 0.6) is 0 Å². The first-order chi connectivity index (χ1) is 48.6. The van der Waals surface area contributed by atoms with E-state index in [2.05, 4.69) is 175 Å². The fourth-order valence-electron chi connectivity index (χ4n) is 10.4. The molecule has 6 N–H and O–H groups in total. The Bertz CT molecular complexity index is 5110. The quantitative estimate of drug-likeness (QED) is 0.0826. The number of nitrogens with one attached hydrogen (secondary N) is 6. The predicted molar refractivity (Wildman–Crippen MR) is 402 cm³/mol. The molecule has 0 saturated heterocycles. The largest absolute Gasteiger partial charge is 0.443 e. The van der Waals surface area contributed by atoms with Crippen LogP contribution in [-0.2, 0) is 7.05 Å². The van der Waals surface area contributed by atoms with Crippen LogP contribution in [0.15, 0.2) is 264 Å². The summed E-state index contributed by atoms with van der Waals surface area (Å²) < 4.78 is 17.4. The van der Waals surface area contributed by atoms with Crippen LogP contribution in [0.2, 0.25) is 0 Å². The summed E-state index contributed by atoms with van der Waals surface area (Å²) in [6.45, 7) is 18.2. The van der Waals surface area contributed by atoms with Gasteiger partial charge in [-0.3, -0.25) is 15.3 Å². The second kappa shape index (κ2) is 33.0. The van der Waals surface area contributed by atoms with E-state index < -0.39 is 0 Å². The number of imidazole rings is 4. The molecule has 100 heavy (non-hydrogen) atoms. The maximum atomic E-state index is 5.26. The monoisotopic (exact) mass is 1320 g/mol. The normalized spacial score (nSPS) is 10.5. The second-order valence-corrected chi connectivity index (χ2v) is 23.7.